The average molecular weight is 321 g/mol. The number of hydrogen-bond acceptors (Lipinski definition) is 3. The van der Waals surface area contributed by atoms with E-state index in [0.29, 0.717) is 5.56 Å². The zero-order valence-corrected chi connectivity index (χ0v) is 13.4. The van der Waals surface area contributed by atoms with Gasteiger partial charge in [-0.2, -0.15) is 0 Å². The summed E-state index contributed by atoms with van der Waals surface area (Å²) < 4.78 is 1.83. The molecule has 0 aliphatic rings. The zero-order valence-electron chi connectivity index (χ0n) is 13.4. The lowest BCUT2D eigenvalue weighted by molar-refractivity contribution is 0.0526. The molecular formula is C19H19N3O2. The minimum absolute atomic E-state index is 0.130. The first-order valence-corrected chi connectivity index (χ1v) is 7.71. The average Bonchev–Trinajstić information content (AvgIpc) is 3.15. The highest BCUT2D eigenvalue weighted by atomic mass is 16.3. The van der Waals surface area contributed by atoms with Crippen LogP contribution in [0, 0.1) is 0 Å². The summed E-state index contributed by atoms with van der Waals surface area (Å²) in [6.07, 6.45) is 5.18. The Morgan fingerprint density at radius 2 is 2.00 bits per heavy atom. The van der Waals surface area contributed by atoms with E-state index in [-0.39, 0.29) is 12.5 Å². The summed E-state index contributed by atoms with van der Waals surface area (Å²) in [4.78, 5) is 16.4. The smallest absolute Gasteiger partial charge is 0.251 e. The van der Waals surface area contributed by atoms with Gasteiger partial charge in [-0.1, -0.05) is 36.4 Å². The lowest BCUT2D eigenvalue weighted by Crippen LogP contribution is -2.38. The number of imidazole rings is 1. The van der Waals surface area contributed by atoms with Gasteiger partial charge in [-0.15, -0.1) is 0 Å². The number of rotatable bonds is 5. The van der Waals surface area contributed by atoms with Gasteiger partial charge in [-0.05, 0) is 30.7 Å². The fourth-order valence-electron chi connectivity index (χ4n) is 2.47. The summed E-state index contributed by atoms with van der Waals surface area (Å²) in [5, 5.41) is 13.4. The number of benzene rings is 2. The lowest BCUT2D eigenvalue weighted by atomic mass is 9.96. The Hall–Kier alpha value is -2.92. The molecule has 24 heavy (non-hydrogen) atoms. The second kappa shape index (κ2) is 6.68. The van der Waals surface area contributed by atoms with Crippen LogP contribution in [0.25, 0.3) is 5.69 Å². The Morgan fingerprint density at radius 3 is 2.71 bits per heavy atom. The first-order chi connectivity index (χ1) is 11.6. The van der Waals surface area contributed by atoms with E-state index >= 15 is 0 Å². The van der Waals surface area contributed by atoms with E-state index in [1.165, 1.54) is 0 Å². The largest absolute Gasteiger partial charge is 0.384 e. The van der Waals surface area contributed by atoms with Crippen LogP contribution in [-0.4, -0.2) is 27.1 Å². The fraction of sp³-hybridized carbons (Fsp3) is 0.158. The highest BCUT2D eigenvalue weighted by Crippen LogP contribution is 2.19. The quantitative estimate of drug-likeness (QED) is 0.759. The van der Waals surface area contributed by atoms with Crippen LogP contribution in [-0.2, 0) is 5.60 Å². The molecule has 1 atom stereocenters. The molecule has 0 radical (unpaired) electrons. The molecule has 2 N–H and O–H groups in total. The summed E-state index contributed by atoms with van der Waals surface area (Å²) in [5.74, 6) is -0.229. The van der Waals surface area contributed by atoms with Crippen LogP contribution in [0.3, 0.4) is 0 Å². The number of carbonyl (C=O) groups excluding carboxylic acids is 1. The van der Waals surface area contributed by atoms with E-state index in [1.54, 1.807) is 31.6 Å². The van der Waals surface area contributed by atoms with Gasteiger partial charge in [0.15, 0.2) is 0 Å². The predicted molar refractivity (Wildman–Crippen MR) is 91.9 cm³/mol. The number of nitrogens with one attached hydrogen (secondary N) is 1. The summed E-state index contributed by atoms with van der Waals surface area (Å²) in [5.41, 5.74) is 1.02. The molecule has 5 heteroatoms. The highest BCUT2D eigenvalue weighted by molar-refractivity contribution is 5.94. The van der Waals surface area contributed by atoms with Gasteiger partial charge in [0, 0.05) is 23.6 Å². The SMILES string of the molecule is CC(O)(CNC(=O)c1cccc(-n2ccnc2)c1)c1ccccc1. The number of amides is 1. The molecule has 5 nitrogen and oxygen atoms in total. The maximum absolute atomic E-state index is 12.4. The van der Waals surface area contributed by atoms with Crippen LogP contribution < -0.4 is 5.32 Å². The third-order valence-electron chi connectivity index (χ3n) is 3.90. The third-order valence-corrected chi connectivity index (χ3v) is 3.90. The molecule has 0 saturated heterocycles. The van der Waals surface area contributed by atoms with Crippen molar-refractivity contribution in [1.29, 1.82) is 0 Å². The van der Waals surface area contributed by atoms with Crippen LogP contribution in [0.1, 0.15) is 22.8 Å². The second-order valence-corrected chi connectivity index (χ2v) is 5.84. The normalized spacial score (nSPS) is 13.2. The van der Waals surface area contributed by atoms with Crippen LogP contribution >= 0.6 is 0 Å². The molecule has 1 heterocycles. The molecule has 3 aromatic rings. The van der Waals surface area contributed by atoms with Crippen molar-refractivity contribution in [2.75, 3.05) is 6.54 Å². The van der Waals surface area contributed by atoms with Crippen LogP contribution in [0.2, 0.25) is 0 Å². The van der Waals surface area contributed by atoms with Crippen molar-refractivity contribution in [1.82, 2.24) is 14.9 Å². The molecule has 0 aliphatic carbocycles. The molecular weight excluding hydrogens is 302 g/mol. The van der Waals surface area contributed by atoms with E-state index in [4.69, 9.17) is 0 Å². The van der Waals surface area contributed by atoms with E-state index in [9.17, 15) is 9.90 Å². The number of aliphatic hydroxyl groups is 1. The molecule has 1 aromatic heterocycles. The van der Waals surface area contributed by atoms with E-state index in [1.807, 2.05) is 53.2 Å². The Balaban J connectivity index is 1.70. The lowest BCUT2D eigenvalue weighted by Gasteiger charge is -2.24. The maximum atomic E-state index is 12.4. The van der Waals surface area contributed by atoms with E-state index < -0.39 is 5.60 Å². The molecule has 0 aliphatic heterocycles. The summed E-state index contributed by atoms with van der Waals surface area (Å²) in [6.45, 7) is 1.82. The molecule has 0 bridgehead atoms. The molecule has 0 saturated carbocycles. The molecule has 122 valence electrons. The fourth-order valence-corrected chi connectivity index (χ4v) is 2.47. The molecule has 3 rings (SSSR count). The Bertz CT molecular complexity index is 812. The van der Waals surface area contributed by atoms with Crippen molar-refractivity contribution < 1.29 is 9.90 Å². The van der Waals surface area contributed by atoms with Crippen molar-refractivity contribution in [3.8, 4) is 5.69 Å². The van der Waals surface area contributed by atoms with Gasteiger partial charge >= 0.3 is 0 Å². The van der Waals surface area contributed by atoms with Crippen LogP contribution in [0.4, 0.5) is 0 Å². The standard InChI is InChI=1S/C19H19N3O2/c1-19(24,16-7-3-2-4-8-16)13-21-18(23)15-6-5-9-17(12-15)22-11-10-20-14-22/h2-12,14,24H,13H2,1H3,(H,21,23). The predicted octanol–water partition coefficient (Wildman–Crippen LogP) is 2.51. The minimum Gasteiger partial charge on any atom is -0.384 e. The summed E-state index contributed by atoms with van der Waals surface area (Å²) in [6, 6.07) is 16.5. The maximum Gasteiger partial charge on any atom is 0.251 e. The van der Waals surface area contributed by atoms with Gasteiger partial charge in [0.05, 0.1) is 12.9 Å². The monoisotopic (exact) mass is 321 g/mol. The zero-order chi connectivity index (χ0) is 17.0. The first-order valence-electron chi connectivity index (χ1n) is 7.71. The van der Waals surface area contributed by atoms with Crippen LogP contribution in [0.5, 0.6) is 0 Å². The van der Waals surface area contributed by atoms with Gasteiger partial charge in [0.2, 0.25) is 0 Å². The number of hydrogen-bond donors (Lipinski definition) is 2. The highest BCUT2D eigenvalue weighted by Gasteiger charge is 2.23. The van der Waals surface area contributed by atoms with Crippen molar-refractivity contribution in [3.05, 3.63) is 84.4 Å². The third kappa shape index (κ3) is 3.52. The molecule has 0 spiro atoms. The Labute approximate surface area is 140 Å². The molecule has 2 aromatic carbocycles. The second-order valence-electron chi connectivity index (χ2n) is 5.84. The molecule has 0 fully saturated rings. The molecule has 1 amide bonds. The Kier molecular flexibility index (Phi) is 4.44. The summed E-state index contributed by atoms with van der Waals surface area (Å²) >= 11 is 0. The van der Waals surface area contributed by atoms with Gasteiger partial charge < -0.3 is 15.0 Å². The number of aromatic nitrogens is 2. The van der Waals surface area contributed by atoms with Crippen LogP contribution in [0.15, 0.2) is 73.3 Å². The molecule has 1 unspecified atom stereocenters. The first kappa shape index (κ1) is 16.0. The van der Waals surface area contributed by atoms with Gasteiger partial charge in [-0.3, -0.25) is 4.79 Å². The minimum atomic E-state index is -1.13. The topological polar surface area (TPSA) is 67.2 Å². The van der Waals surface area contributed by atoms with Gasteiger partial charge in [-0.25, -0.2) is 4.98 Å². The van der Waals surface area contributed by atoms with Crippen molar-refractivity contribution in [2.45, 2.75) is 12.5 Å². The number of nitrogens with zero attached hydrogens (tertiary/aromatic N) is 2. The van der Waals surface area contributed by atoms with Gasteiger partial charge in [0.25, 0.3) is 5.91 Å². The number of carbonyl (C=O) groups is 1. The van der Waals surface area contributed by atoms with Crippen molar-refractivity contribution in [3.63, 3.8) is 0 Å². The van der Waals surface area contributed by atoms with E-state index in [2.05, 4.69) is 10.3 Å². The Morgan fingerprint density at radius 1 is 1.21 bits per heavy atom. The summed E-state index contributed by atoms with van der Waals surface area (Å²) in [7, 11) is 0. The van der Waals surface area contributed by atoms with Gasteiger partial charge in [0.1, 0.15) is 5.60 Å². The van der Waals surface area contributed by atoms with Crippen molar-refractivity contribution in [2.24, 2.45) is 0 Å². The van der Waals surface area contributed by atoms with Crippen molar-refractivity contribution >= 4 is 5.91 Å². The van der Waals surface area contributed by atoms with E-state index in [0.717, 1.165) is 11.3 Å².